The van der Waals surface area contributed by atoms with E-state index in [1.807, 2.05) is 35.6 Å². The summed E-state index contributed by atoms with van der Waals surface area (Å²) in [6.45, 7) is 0. The van der Waals surface area contributed by atoms with Crippen molar-refractivity contribution in [2.75, 3.05) is 0 Å². The number of aromatic nitrogens is 4. The summed E-state index contributed by atoms with van der Waals surface area (Å²) in [4.78, 5) is 11.6. The summed E-state index contributed by atoms with van der Waals surface area (Å²) in [7, 11) is 0. The van der Waals surface area contributed by atoms with E-state index in [9.17, 15) is 0 Å². The van der Waals surface area contributed by atoms with Crippen molar-refractivity contribution in [3.63, 3.8) is 0 Å². The maximum Gasteiger partial charge on any atom is 0.248 e. The van der Waals surface area contributed by atoms with Gasteiger partial charge in [0.2, 0.25) is 11.8 Å². The molecular weight excluding hydrogens is 444 g/mol. The SMILES string of the molecule is Brc1ccccc1-c1nnc(CSc2ncnc3sc4c(c23)CCCC4)o1. The van der Waals surface area contributed by atoms with Gasteiger partial charge in [0.1, 0.15) is 16.2 Å². The molecule has 0 radical (unpaired) electrons. The molecule has 3 aromatic heterocycles. The van der Waals surface area contributed by atoms with E-state index in [0.717, 1.165) is 26.3 Å². The van der Waals surface area contributed by atoms with Crippen LogP contribution in [0, 0.1) is 0 Å². The third-order valence-electron chi connectivity index (χ3n) is 4.62. The molecule has 1 aliphatic carbocycles. The largest absolute Gasteiger partial charge is 0.420 e. The first kappa shape index (κ1) is 17.3. The van der Waals surface area contributed by atoms with Gasteiger partial charge in [-0.1, -0.05) is 23.9 Å². The lowest BCUT2D eigenvalue weighted by Gasteiger charge is -2.11. The number of thiophene rings is 1. The molecule has 0 spiro atoms. The maximum absolute atomic E-state index is 5.86. The second-order valence-corrected chi connectivity index (χ2v) is 9.24. The quantitative estimate of drug-likeness (QED) is 0.289. The number of thioether (sulfide) groups is 1. The van der Waals surface area contributed by atoms with E-state index in [-0.39, 0.29) is 0 Å². The van der Waals surface area contributed by atoms with Crippen molar-refractivity contribution in [1.82, 2.24) is 20.2 Å². The summed E-state index contributed by atoms with van der Waals surface area (Å²) in [5, 5.41) is 10.6. The van der Waals surface area contributed by atoms with Gasteiger partial charge in [0.15, 0.2) is 0 Å². The van der Waals surface area contributed by atoms with E-state index in [1.165, 1.54) is 35.1 Å². The van der Waals surface area contributed by atoms with Gasteiger partial charge < -0.3 is 4.42 Å². The van der Waals surface area contributed by atoms with E-state index in [0.29, 0.717) is 17.5 Å². The summed E-state index contributed by atoms with van der Waals surface area (Å²) in [6.07, 6.45) is 6.47. The van der Waals surface area contributed by atoms with Crippen molar-refractivity contribution >= 4 is 49.2 Å². The Morgan fingerprint density at radius 2 is 2.00 bits per heavy atom. The molecule has 0 N–H and O–H groups in total. The Kier molecular flexibility index (Phi) is 4.71. The second-order valence-electron chi connectivity index (χ2n) is 6.34. The molecule has 1 aliphatic rings. The molecule has 8 heteroatoms. The van der Waals surface area contributed by atoms with Crippen molar-refractivity contribution in [1.29, 1.82) is 0 Å². The summed E-state index contributed by atoms with van der Waals surface area (Å²) in [5.74, 6) is 1.72. The van der Waals surface area contributed by atoms with E-state index >= 15 is 0 Å². The molecule has 0 unspecified atom stereocenters. The smallest absolute Gasteiger partial charge is 0.248 e. The van der Waals surface area contributed by atoms with Gasteiger partial charge >= 0.3 is 0 Å². The molecule has 0 amide bonds. The predicted molar refractivity (Wildman–Crippen MR) is 111 cm³/mol. The summed E-state index contributed by atoms with van der Waals surface area (Å²) >= 11 is 6.99. The average molecular weight is 459 g/mol. The minimum Gasteiger partial charge on any atom is -0.420 e. The third-order valence-corrected chi connectivity index (χ3v) is 7.49. The molecule has 3 heterocycles. The molecule has 4 aromatic rings. The molecular formula is C19H15BrN4OS2. The fourth-order valence-electron chi connectivity index (χ4n) is 3.36. The van der Waals surface area contributed by atoms with Crippen LogP contribution in [0.15, 0.2) is 44.5 Å². The first-order valence-electron chi connectivity index (χ1n) is 8.75. The van der Waals surface area contributed by atoms with Crippen LogP contribution in [0.2, 0.25) is 0 Å². The van der Waals surface area contributed by atoms with Gasteiger partial charge in [-0.15, -0.1) is 21.5 Å². The van der Waals surface area contributed by atoms with Gasteiger partial charge in [0.25, 0.3) is 0 Å². The Labute approximate surface area is 172 Å². The Morgan fingerprint density at radius 3 is 2.93 bits per heavy atom. The van der Waals surface area contributed by atoms with Crippen molar-refractivity contribution in [2.24, 2.45) is 0 Å². The number of aryl methyl sites for hydroxylation is 2. The zero-order valence-electron chi connectivity index (χ0n) is 14.3. The molecule has 27 heavy (non-hydrogen) atoms. The van der Waals surface area contributed by atoms with Crippen molar-refractivity contribution in [3.8, 4) is 11.5 Å². The number of halogens is 1. The highest BCUT2D eigenvalue weighted by Crippen LogP contribution is 2.40. The molecule has 0 fully saturated rings. The van der Waals surface area contributed by atoms with Crippen LogP contribution in [-0.4, -0.2) is 20.2 Å². The topological polar surface area (TPSA) is 64.7 Å². The normalized spacial score (nSPS) is 13.8. The highest BCUT2D eigenvalue weighted by molar-refractivity contribution is 9.10. The lowest BCUT2D eigenvalue weighted by atomic mass is 9.97. The van der Waals surface area contributed by atoms with Crippen LogP contribution >= 0.6 is 39.0 Å². The fourth-order valence-corrected chi connectivity index (χ4v) is 5.97. The maximum atomic E-state index is 5.86. The Balaban J connectivity index is 1.41. The fraction of sp³-hybridized carbons (Fsp3) is 0.263. The first-order valence-corrected chi connectivity index (χ1v) is 11.3. The summed E-state index contributed by atoms with van der Waals surface area (Å²) in [5.41, 5.74) is 2.35. The number of benzene rings is 1. The van der Waals surface area contributed by atoms with Crippen molar-refractivity contribution in [3.05, 3.63) is 51.4 Å². The summed E-state index contributed by atoms with van der Waals surface area (Å²) < 4.78 is 6.80. The monoisotopic (exact) mass is 458 g/mol. The Bertz CT molecular complexity index is 1120. The van der Waals surface area contributed by atoms with Crippen LogP contribution in [0.25, 0.3) is 21.7 Å². The number of rotatable bonds is 4. The van der Waals surface area contributed by atoms with Gasteiger partial charge in [0, 0.05) is 14.7 Å². The zero-order valence-corrected chi connectivity index (χ0v) is 17.5. The van der Waals surface area contributed by atoms with Crippen molar-refractivity contribution in [2.45, 2.75) is 36.5 Å². The standard InChI is InChI=1S/C19H15BrN4OS2/c20-13-7-3-1-5-11(13)17-24-23-15(25-17)9-26-18-16-12-6-2-4-8-14(12)27-19(16)22-10-21-18/h1,3,5,7,10H,2,4,6,8-9H2. The van der Waals surface area contributed by atoms with E-state index in [4.69, 9.17) is 4.42 Å². The molecule has 0 aliphatic heterocycles. The van der Waals surface area contributed by atoms with Crippen LogP contribution < -0.4 is 0 Å². The highest BCUT2D eigenvalue weighted by Gasteiger charge is 2.20. The van der Waals surface area contributed by atoms with Gasteiger partial charge in [-0.25, -0.2) is 9.97 Å². The molecule has 0 atom stereocenters. The van der Waals surface area contributed by atoms with Crippen molar-refractivity contribution < 1.29 is 4.42 Å². The second kappa shape index (κ2) is 7.33. The number of fused-ring (bicyclic) bond motifs is 3. The predicted octanol–water partition coefficient (Wildman–Crippen LogP) is 5.67. The van der Waals surface area contributed by atoms with E-state index in [1.54, 1.807) is 18.1 Å². The minimum atomic E-state index is 0.527. The van der Waals surface area contributed by atoms with E-state index < -0.39 is 0 Å². The van der Waals surface area contributed by atoms with Gasteiger partial charge in [-0.3, -0.25) is 0 Å². The number of nitrogens with zero attached hydrogens (tertiary/aromatic N) is 4. The highest BCUT2D eigenvalue weighted by atomic mass is 79.9. The molecule has 0 bridgehead atoms. The van der Waals surface area contributed by atoms with Gasteiger partial charge in [-0.2, -0.15) is 0 Å². The Morgan fingerprint density at radius 1 is 1.11 bits per heavy atom. The molecule has 0 saturated heterocycles. The third kappa shape index (κ3) is 3.30. The van der Waals surface area contributed by atoms with Crippen LogP contribution in [0.3, 0.4) is 0 Å². The lowest BCUT2D eigenvalue weighted by Crippen LogP contribution is -1.99. The minimum absolute atomic E-state index is 0.527. The molecule has 0 saturated carbocycles. The number of hydrogen-bond donors (Lipinski definition) is 0. The zero-order chi connectivity index (χ0) is 18.2. The van der Waals surface area contributed by atoms with Crippen LogP contribution in [0.4, 0.5) is 0 Å². The van der Waals surface area contributed by atoms with Gasteiger partial charge in [-0.05, 0) is 59.3 Å². The van der Waals surface area contributed by atoms with E-state index in [2.05, 4.69) is 36.1 Å². The van der Waals surface area contributed by atoms with Crippen LogP contribution in [0.1, 0.15) is 29.2 Å². The van der Waals surface area contributed by atoms with Crippen LogP contribution in [-0.2, 0) is 18.6 Å². The summed E-state index contributed by atoms with van der Waals surface area (Å²) in [6, 6.07) is 7.84. The Hall–Kier alpha value is -1.77. The first-order chi connectivity index (χ1) is 13.3. The molecule has 1 aromatic carbocycles. The average Bonchev–Trinajstić information content (AvgIpc) is 3.31. The van der Waals surface area contributed by atoms with Crippen LogP contribution in [0.5, 0.6) is 0 Å². The molecule has 5 rings (SSSR count). The number of hydrogen-bond acceptors (Lipinski definition) is 7. The molecule has 5 nitrogen and oxygen atoms in total. The van der Waals surface area contributed by atoms with Gasteiger partial charge in [0.05, 0.1) is 11.3 Å². The molecule has 136 valence electrons. The lowest BCUT2D eigenvalue weighted by molar-refractivity contribution is 0.528.